The number of halogens is 2. The van der Waals surface area contributed by atoms with Gasteiger partial charge in [-0.25, -0.2) is 4.39 Å². The van der Waals surface area contributed by atoms with E-state index >= 15 is 0 Å². The van der Waals surface area contributed by atoms with Crippen LogP contribution in [0.4, 0.5) is 10.1 Å². The Kier molecular flexibility index (Phi) is 4.92. The van der Waals surface area contributed by atoms with Gasteiger partial charge in [0.1, 0.15) is 5.82 Å². The number of benzene rings is 2. The molecule has 2 nitrogen and oxygen atoms in total. The molecule has 146 valence electrons. The maximum absolute atomic E-state index is 13.7. The molecule has 2 aromatic carbocycles. The van der Waals surface area contributed by atoms with Crippen LogP contribution in [-0.2, 0) is 10.3 Å². The van der Waals surface area contributed by atoms with E-state index in [1.54, 1.807) is 34.8 Å². The zero-order chi connectivity index (χ0) is 19.8. The van der Waals surface area contributed by atoms with Crippen LogP contribution >= 0.6 is 34.3 Å². The highest BCUT2D eigenvalue weighted by molar-refractivity contribution is 7.11. The van der Waals surface area contributed by atoms with E-state index in [1.165, 1.54) is 6.07 Å². The zero-order valence-corrected chi connectivity index (χ0v) is 17.7. The van der Waals surface area contributed by atoms with E-state index in [9.17, 15) is 4.39 Å². The normalized spacial score (nSPS) is 15.4. The fourth-order valence-electron chi connectivity index (χ4n) is 3.80. The second-order valence-electron chi connectivity index (χ2n) is 6.80. The summed E-state index contributed by atoms with van der Waals surface area (Å²) >= 11 is 9.42. The summed E-state index contributed by atoms with van der Waals surface area (Å²) in [5, 5.41) is 7.78. The average molecular weight is 442 g/mol. The quantitative estimate of drug-likeness (QED) is 0.369. The Morgan fingerprint density at radius 1 is 0.931 bits per heavy atom. The Morgan fingerprint density at radius 3 is 2.28 bits per heavy atom. The molecule has 4 aromatic rings. The van der Waals surface area contributed by atoms with Crippen LogP contribution in [0.1, 0.15) is 15.3 Å². The molecule has 0 bridgehead atoms. The summed E-state index contributed by atoms with van der Waals surface area (Å²) in [4.78, 5) is 2.28. The highest BCUT2D eigenvalue weighted by atomic mass is 35.5. The van der Waals surface area contributed by atoms with Crippen molar-refractivity contribution in [3.05, 3.63) is 97.6 Å². The SMILES string of the molecule is Fc1ccc(-c2ccc3c(c2)C(c2cccs2)(c2cccs2)OCCN3)cc1Cl. The van der Waals surface area contributed by atoms with Crippen molar-refractivity contribution in [2.75, 3.05) is 18.5 Å². The number of nitrogens with one attached hydrogen (secondary N) is 1. The maximum atomic E-state index is 13.7. The van der Waals surface area contributed by atoms with Gasteiger partial charge in [0.05, 0.1) is 11.6 Å². The molecule has 1 aliphatic rings. The van der Waals surface area contributed by atoms with Gasteiger partial charge in [0.2, 0.25) is 0 Å². The van der Waals surface area contributed by atoms with Crippen molar-refractivity contribution < 1.29 is 9.13 Å². The molecule has 3 heterocycles. The zero-order valence-electron chi connectivity index (χ0n) is 15.3. The molecule has 1 aliphatic heterocycles. The van der Waals surface area contributed by atoms with Crippen molar-refractivity contribution >= 4 is 40.0 Å². The van der Waals surface area contributed by atoms with Crippen LogP contribution in [0, 0.1) is 5.82 Å². The Balaban J connectivity index is 1.76. The Labute approximate surface area is 181 Å². The molecule has 0 aliphatic carbocycles. The third-order valence-electron chi connectivity index (χ3n) is 5.12. The van der Waals surface area contributed by atoms with Crippen LogP contribution in [0.15, 0.2) is 71.4 Å². The molecule has 6 heteroatoms. The predicted octanol–water partition coefficient (Wildman–Crippen LogP) is 7.00. The second-order valence-corrected chi connectivity index (χ2v) is 9.10. The van der Waals surface area contributed by atoms with Crippen molar-refractivity contribution in [2.45, 2.75) is 5.60 Å². The third kappa shape index (κ3) is 3.19. The minimum absolute atomic E-state index is 0.120. The van der Waals surface area contributed by atoms with E-state index in [0.29, 0.717) is 6.61 Å². The van der Waals surface area contributed by atoms with E-state index in [1.807, 2.05) is 6.07 Å². The van der Waals surface area contributed by atoms with Gasteiger partial charge in [0.15, 0.2) is 5.60 Å². The van der Waals surface area contributed by atoms with Crippen molar-refractivity contribution in [3.63, 3.8) is 0 Å². The topological polar surface area (TPSA) is 21.3 Å². The van der Waals surface area contributed by atoms with Crippen LogP contribution in [0.3, 0.4) is 0 Å². The minimum atomic E-state index is -0.680. The number of anilines is 1. The Morgan fingerprint density at radius 2 is 1.62 bits per heavy atom. The first-order chi connectivity index (χ1) is 14.2. The van der Waals surface area contributed by atoms with E-state index in [0.717, 1.165) is 38.7 Å². The van der Waals surface area contributed by atoms with E-state index < -0.39 is 11.4 Å². The molecule has 0 fully saturated rings. The van der Waals surface area contributed by atoms with Gasteiger partial charge in [0.25, 0.3) is 0 Å². The van der Waals surface area contributed by atoms with Crippen LogP contribution in [0.2, 0.25) is 5.02 Å². The fraction of sp³-hybridized carbons (Fsp3) is 0.130. The molecule has 0 spiro atoms. The number of rotatable bonds is 3. The lowest BCUT2D eigenvalue weighted by Crippen LogP contribution is -2.31. The maximum Gasteiger partial charge on any atom is 0.163 e. The lowest BCUT2D eigenvalue weighted by atomic mass is 9.86. The summed E-state index contributed by atoms with van der Waals surface area (Å²) in [5.41, 5.74) is 3.25. The molecule has 2 aromatic heterocycles. The fourth-order valence-corrected chi connectivity index (χ4v) is 5.86. The number of fused-ring (bicyclic) bond motifs is 1. The van der Waals surface area contributed by atoms with Gasteiger partial charge in [0, 0.05) is 27.5 Å². The first-order valence-electron chi connectivity index (χ1n) is 9.24. The molecule has 0 unspecified atom stereocenters. The van der Waals surface area contributed by atoms with E-state index in [2.05, 4.69) is 52.5 Å². The molecule has 0 saturated carbocycles. The van der Waals surface area contributed by atoms with Crippen LogP contribution in [0.25, 0.3) is 11.1 Å². The lowest BCUT2D eigenvalue weighted by Gasteiger charge is -2.32. The summed E-state index contributed by atoms with van der Waals surface area (Å²) in [6.07, 6.45) is 0. The number of hydrogen-bond acceptors (Lipinski definition) is 4. The lowest BCUT2D eigenvalue weighted by molar-refractivity contribution is 0.0287. The van der Waals surface area contributed by atoms with Crippen LogP contribution in [-0.4, -0.2) is 13.2 Å². The summed E-state index contributed by atoms with van der Waals surface area (Å²) in [6, 6.07) is 19.4. The smallest absolute Gasteiger partial charge is 0.163 e. The van der Waals surface area contributed by atoms with Gasteiger partial charge in [-0.1, -0.05) is 35.9 Å². The summed E-state index contributed by atoms with van der Waals surface area (Å²) in [6.45, 7) is 1.31. The van der Waals surface area contributed by atoms with Gasteiger partial charge in [-0.2, -0.15) is 0 Å². The largest absolute Gasteiger partial charge is 0.382 e. The number of ether oxygens (including phenoxy) is 1. The summed E-state index contributed by atoms with van der Waals surface area (Å²) < 4.78 is 20.3. The standard InChI is InChI=1S/C23H17ClFNOS2/c24-18-14-16(5-7-19(18)25)15-6-8-20-17(13-15)23(27-10-9-26-20,21-3-1-11-28-21)22-4-2-12-29-22/h1-8,11-14,26H,9-10H2. The first-order valence-corrected chi connectivity index (χ1v) is 11.4. The van der Waals surface area contributed by atoms with Gasteiger partial charge in [-0.05, 0) is 58.3 Å². The molecule has 0 saturated heterocycles. The van der Waals surface area contributed by atoms with Gasteiger partial charge < -0.3 is 10.1 Å². The molecule has 1 N–H and O–H groups in total. The van der Waals surface area contributed by atoms with E-state index in [-0.39, 0.29) is 5.02 Å². The Hall–Kier alpha value is -2.18. The van der Waals surface area contributed by atoms with Crippen molar-refractivity contribution in [3.8, 4) is 11.1 Å². The monoisotopic (exact) mass is 441 g/mol. The number of hydrogen-bond donors (Lipinski definition) is 1. The Bertz CT molecular complexity index is 1110. The van der Waals surface area contributed by atoms with Crippen LogP contribution in [0.5, 0.6) is 0 Å². The molecule has 29 heavy (non-hydrogen) atoms. The average Bonchev–Trinajstić information content (AvgIpc) is 3.43. The van der Waals surface area contributed by atoms with Crippen molar-refractivity contribution in [1.29, 1.82) is 0 Å². The van der Waals surface area contributed by atoms with E-state index in [4.69, 9.17) is 16.3 Å². The minimum Gasteiger partial charge on any atom is -0.382 e. The third-order valence-corrected chi connectivity index (χ3v) is 7.36. The molecular formula is C23H17ClFNOS2. The molecule has 0 atom stereocenters. The molecule has 0 radical (unpaired) electrons. The number of thiophene rings is 2. The first kappa shape index (κ1) is 18.8. The predicted molar refractivity (Wildman–Crippen MR) is 120 cm³/mol. The van der Waals surface area contributed by atoms with Crippen LogP contribution < -0.4 is 5.32 Å². The highest BCUT2D eigenvalue weighted by Gasteiger charge is 2.42. The van der Waals surface area contributed by atoms with Gasteiger partial charge in [-0.15, -0.1) is 22.7 Å². The second kappa shape index (κ2) is 7.58. The van der Waals surface area contributed by atoms with Crippen molar-refractivity contribution in [1.82, 2.24) is 0 Å². The summed E-state index contributed by atoms with van der Waals surface area (Å²) in [7, 11) is 0. The highest BCUT2D eigenvalue weighted by Crippen LogP contribution is 2.48. The van der Waals surface area contributed by atoms with Crippen molar-refractivity contribution in [2.24, 2.45) is 0 Å². The van der Waals surface area contributed by atoms with Gasteiger partial charge >= 0.3 is 0 Å². The van der Waals surface area contributed by atoms with Gasteiger partial charge in [-0.3, -0.25) is 0 Å². The molecule has 0 amide bonds. The summed E-state index contributed by atoms with van der Waals surface area (Å²) in [5.74, 6) is -0.415. The molecular weight excluding hydrogens is 425 g/mol. The molecule has 5 rings (SSSR count).